The summed E-state index contributed by atoms with van der Waals surface area (Å²) in [6.45, 7) is 2.86. The average molecular weight is 251 g/mol. The van der Waals surface area contributed by atoms with E-state index in [1.807, 2.05) is 47.4 Å². The second kappa shape index (κ2) is 4.88. The normalized spacial score (nSPS) is 18.9. The zero-order chi connectivity index (χ0) is 13.2. The van der Waals surface area contributed by atoms with Gasteiger partial charge in [0.2, 0.25) is 5.91 Å². The molecule has 1 fully saturated rings. The summed E-state index contributed by atoms with van der Waals surface area (Å²) in [5, 5.41) is 0. The van der Waals surface area contributed by atoms with Gasteiger partial charge in [0, 0.05) is 12.2 Å². The topological polar surface area (TPSA) is 20.3 Å². The summed E-state index contributed by atoms with van der Waals surface area (Å²) in [6.07, 6.45) is 0.900. The summed E-state index contributed by atoms with van der Waals surface area (Å²) in [6, 6.07) is 18.2. The monoisotopic (exact) mass is 251 g/mol. The van der Waals surface area contributed by atoms with Crippen LogP contribution in [0.25, 0.3) is 0 Å². The van der Waals surface area contributed by atoms with E-state index in [1.54, 1.807) is 0 Å². The Morgan fingerprint density at radius 3 is 2.37 bits per heavy atom. The largest absolute Gasteiger partial charge is 0.312 e. The molecule has 0 radical (unpaired) electrons. The number of aryl methyl sites for hydroxylation is 1. The van der Waals surface area contributed by atoms with Crippen molar-refractivity contribution >= 4 is 11.6 Å². The number of hydrogen-bond donors (Lipinski definition) is 0. The van der Waals surface area contributed by atoms with E-state index in [0.29, 0.717) is 0 Å². The summed E-state index contributed by atoms with van der Waals surface area (Å²) in [7, 11) is 0. The van der Waals surface area contributed by atoms with Crippen molar-refractivity contribution < 1.29 is 4.79 Å². The summed E-state index contributed by atoms with van der Waals surface area (Å²) in [4.78, 5) is 14.4. The van der Waals surface area contributed by atoms with Crippen LogP contribution in [0.2, 0.25) is 0 Å². The standard InChI is InChI=1S/C17H17NO/c1-13-7-9-15(10-8-13)18-12-11-16(17(18)19)14-5-3-2-4-6-14/h2-10,16H,11-12H2,1H3. The van der Waals surface area contributed by atoms with Gasteiger partial charge in [0.1, 0.15) is 0 Å². The molecule has 1 saturated heterocycles. The van der Waals surface area contributed by atoms with Gasteiger partial charge < -0.3 is 4.90 Å². The lowest BCUT2D eigenvalue weighted by molar-refractivity contribution is -0.118. The van der Waals surface area contributed by atoms with Crippen molar-refractivity contribution in [3.05, 3.63) is 65.7 Å². The fourth-order valence-electron chi connectivity index (χ4n) is 2.66. The lowest BCUT2D eigenvalue weighted by Crippen LogP contribution is -2.26. The molecule has 0 N–H and O–H groups in total. The minimum atomic E-state index is 0.0162. The Hall–Kier alpha value is -2.09. The highest BCUT2D eigenvalue weighted by Gasteiger charge is 2.33. The lowest BCUT2D eigenvalue weighted by Gasteiger charge is -2.17. The Morgan fingerprint density at radius 1 is 1.00 bits per heavy atom. The summed E-state index contributed by atoms with van der Waals surface area (Å²) in [5.74, 6) is 0.234. The van der Waals surface area contributed by atoms with Crippen LogP contribution in [0.3, 0.4) is 0 Å². The Bertz CT molecular complexity index is 574. The predicted octanol–water partition coefficient (Wildman–Crippen LogP) is 3.52. The van der Waals surface area contributed by atoms with Crippen molar-refractivity contribution in [1.29, 1.82) is 0 Å². The maximum atomic E-state index is 12.5. The summed E-state index contributed by atoms with van der Waals surface area (Å²) < 4.78 is 0. The molecule has 0 aromatic heterocycles. The van der Waals surface area contributed by atoms with Crippen LogP contribution in [0.4, 0.5) is 5.69 Å². The van der Waals surface area contributed by atoms with Crippen molar-refractivity contribution in [1.82, 2.24) is 0 Å². The van der Waals surface area contributed by atoms with Gasteiger partial charge in [0.15, 0.2) is 0 Å². The third-order valence-electron chi connectivity index (χ3n) is 3.75. The van der Waals surface area contributed by atoms with Gasteiger partial charge >= 0.3 is 0 Å². The zero-order valence-corrected chi connectivity index (χ0v) is 11.0. The van der Waals surface area contributed by atoms with Gasteiger partial charge in [0.25, 0.3) is 0 Å². The molecule has 1 heterocycles. The van der Waals surface area contributed by atoms with Crippen molar-refractivity contribution in [3.8, 4) is 0 Å². The molecule has 1 unspecified atom stereocenters. The van der Waals surface area contributed by atoms with Crippen LogP contribution in [0, 0.1) is 6.92 Å². The molecule has 2 aromatic rings. The Morgan fingerprint density at radius 2 is 1.68 bits per heavy atom. The highest BCUT2D eigenvalue weighted by atomic mass is 16.2. The Balaban J connectivity index is 1.84. The first-order valence-electron chi connectivity index (χ1n) is 6.69. The number of carbonyl (C=O) groups excluding carboxylic acids is 1. The number of anilines is 1. The summed E-state index contributed by atoms with van der Waals surface area (Å²) >= 11 is 0. The van der Waals surface area contributed by atoms with Gasteiger partial charge in [0.05, 0.1) is 5.92 Å². The number of rotatable bonds is 2. The van der Waals surface area contributed by atoms with E-state index >= 15 is 0 Å². The van der Waals surface area contributed by atoms with Crippen LogP contribution < -0.4 is 4.90 Å². The van der Waals surface area contributed by atoms with Crippen LogP contribution in [0.5, 0.6) is 0 Å². The molecular weight excluding hydrogens is 234 g/mol. The van der Waals surface area contributed by atoms with E-state index in [4.69, 9.17) is 0 Å². The minimum absolute atomic E-state index is 0.0162. The molecule has 1 amide bonds. The molecule has 2 heteroatoms. The maximum absolute atomic E-state index is 12.5. The average Bonchev–Trinajstić information content (AvgIpc) is 2.83. The summed E-state index contributed by atoms with van der Waals surface area (Å²) in [5.41, 5.74) is 3.35. The molecular formula is C17H17NO. The van der Waals surface area contributed by atoms with Crippen LogP contribution >= 0.6 is 0 Å². The van der Waals surface area contributed by atoms with E-state index in [1.165, 1.54) is 5.56 Å². The van der Waals surface area contributed by atoms with E-state index in [9.17, 15) is 4.79 Å². The molecule has 2 nitrogen and oxygen atoms in total. The second-order valence-electron chi connectivity index (χ2n) is 5.08. The smallest absolute Gasteiger partial charge is 0.234 e. The third kappa shape index (κ3) is 2.26. The fourth-order valence-corrected chi connectivity index (χ4v) is 2.66. The number of carbonyl (C=O) groups is 1. The first-order chi connectivity index (χ1) is 9.25. The molecule has 1 aliphatic heterocycles. The molecule has 19 heavy (non-hydrogen) atoms. The Kier molecular flexibility index (Phi) is 3.08. The van der Waals surface area contributed by atoms with Gasteiger partial charge in [-0.1, -0.05) is 48.0 Å². The number of hydrogen-bond acceptors (Lipinski definition) is 1. The van der Waals surface area contributed by atoms with E-state index < -0.39 is 0 Å². The highest BCUT2D eigenvalue weighted by Crippen LogP contribution is 2.31. The Labute approximate surface area is 113 Å². The van der Waals surface area contributed by atoms with Crippen LogP contribution in [-0.2, 0) is 4.79 Å². The number of amides is 1. The van der Waals surface area contributed by atoms with Gasteiger partial charge in [-0.2, -0.15) is 0 Å². The van der Waals surface area contributed by atoms with Crippen LogP contribution in [-0.4, -0.2) is 12.5 Å². The number of nitrogens with zero attached hydrogens (tertiary/aromatic N) is 1. The van der Waals surface area contributed by atoms with Crippen LogP contribution in [0.15, 0.2) is 54.6 Å². The quantitative estimate of drug-likeness (QED) is 0.799. The molecule has 96 valence electrons. The molecule has 2 aromatic carbocycles. The highest BCUT2D eigenvalue weighted by molar-refractivity contribution is 6.00. The van der Waals surface area contributed by atoms with Gasteiger partial charge in [-0.15, -0.1) is 0 Å². The minimum Gasteiger partial charge on any atom is -0.312 e. The molecule has 0 spiro atoms. The SMILES string of the molecule is Cc1ccc(N2CCC(c3ccccc3)C2=O)cc1. The molecule has 3 rings (SSSR count). The zero-order valence-electron chi connectivity index (χ0n) is 11.0. The molecule has 1 aliphatic rings. The first-order valence-corrected chi connectivity index (χ1v) is 6.69. The second-order valence-corrected chi connectivity index (χ2v) is 5.08. The lowest BCUT2D eigenvalue weighted by atomic mass is 9.98. The fraction of sp³-hybridized carbons (Fsp3) is 0.235. The van der Waals surface area contributed by atoms with Gasteiger partial charge in [-0.05, 0) is 31.0 Å². The molecule has 0 bridgehead atoms. The van der Waals surface area contributed by atoms with E-state index in [0.717, 1.165) is 24.2 Å². The molecule has 1 atom stereocenters. The predicted molar refractivity (Wildman–Crippen MR) is 77.3 cm³/mol. The van der Waals surface area contributed by atoms with Gasteiger partial charge in [-0.3, -0.25) is 4.79 Å². The molecule has 0 saturated carbocycles. The first kappa shape index (κ1) is 12.0. The van der Waals surface area contributed by atoms with Crippen LogP contribution in [0.1, 0.15) is 23.5 Å². The van der Waals surface area contributed by atoms with Crippen molar-refractivity contribution in [2.45, 2.75) is 19.3 Å². The number of benzene rings is 2. The van der Waals surface area contributed by atoms with Crippen molar-refractivity contribution in [2.24, 2.45) is 0 Å². The van der Waals surface area contributed by atoms with Crippen molar-refractivity contribution in [3.63, 3.8) is 0 Å². The third-order valence-corrected chi connectivity index (χ3v) is 3.75. The van der Waals surface area contributed by atoms with Crippen molar-refractivity contribution in [2.75, 3.05) is 11.4 Å². The molecule has 0 aliphatic carbocycles. The maximum Gasteiger partial charge on any atom is 0.234 e. The van der Waals surface area contributed by atoms with Gasteiger partial charge in [-0.25, -0.2) is 0 Å². The van der Waals surface area contributed by atoms with E-state index in [-0.39, 0.29) is 11.8 Å². The van der Waals surface area contributed by atoms with E-state index in [2.05, 4.69) is 19.1 Å².